The highest BCUT2D eigenvalue weighted by Crippen LogP contribution is 2.19. The van der Waals surface area contributed by atoms with Crippen LogP contribution in [0.3, 0.4) is 0 Å². The van der Waals surface area contributed by atoms with Crippen LogP contribution in [0.1, 0.15) is 30.4 Å². The molecule has 0 spiro atoms. The summed E-state index contributed by atoms with van der Waals surface area (Å²) in [5.74, 6) is 1.23. The Labute approximate surface area is 196 Å². The van der Waals surface area contributed by atoms with Crippen molar-refractivity contribution in [2.75, 3.05) is 51.2 Å². The topological polar surface area (TPSA) is 68.8 Å². The Morgan fingerprint density at radius 3 is 2.42 bits per heavy atom. The van der Waals surface area contributed by atoms with Crippen LogP contribution in [0.25, 0.3) is 0 Å². The fourth-order valence-electron chi connectivity index (χ4n) is 4.56. The van der Waals surface area contributed by atoms with Crippen LogP contribution in [0.15, 0.2) is 48.7 Å². The third-order valence-corrected chi connectivity index (χ3v) is 6.79. The van der Waals surface area contributed by atoms with E-state index >= 15 is 0 Å². The first-order valence-corrected chi connectivity index (χ1v) is 12.1. The highest BCUT2D eigenvalue weighted by atomic mass is 16.2. The summed E-state index contributed by atoms with van der Waals surface area (Å²) in [5, 5.41) is 3.10. The van der Waals surface area contributed by atoms with Gasteiger partial charge in [-0.2, -0.15) is 0 Å². The van der Waals surface area contributed by atoms with E-state index in [4.69, 9.17) is 0 Å². The average molecular weight is 450 g/mol. The van der Waals surface area contributed by atoms with Gasteiger partial charge in [-0.3, -0.25) is 9.59 Å². The van der Waals surface area contributed by atoms with Gasteiger partial charge in [0.05, 0.1) is 0 Å². The Hall–Kier alpha value is -2.93. The minimum absolute atomic E-state index is 0.0258. The molecular weight excluding hydrogens is 414 g/mol. The van der Waals surface area contributed by atoms with Crippen molar-refractivity contribution in [1.29, 1.82) is 0 Å². The van der Waals surface area contributed by atoms with Crippen LogP contribution < -0.4 is 10.2 Å². The average Bonchev–Trinajstić information content (AvgIpc) is 2.87. The molecule has 2 aliphatic rings. The number of rotatable bonds is 7. The number of carbonyl (C=O) groups is 2. The first-order valence-electron chi connectivity index (χ1n) is 12.1. The van der Waals surface area contributed by atoms with Crippen molar-refractivity contribution in [3.63, 3.8) is 0 Å². The summed E-state index contributed by atoms with van der Waals surface area (Å²) in [7, 11) is 2.14. The number of nitrogens with zero attached hydrogens (tertiary/aromatic N) is 4. The van der Waals surface area contributed by atoms with E-state index in [0.717, 1.165) is 56.8 Å². The second-order valence-electron chi connectivity index (χ2n) is 9.17. The van der Waals surface area contributed by atoms with Crippen molar-refractivity contribution in [2.24, 2.45) is 5.92 Å². The molecule has 0 radical (unpaired) electrons. The van der Waals surface area contributed by atoms with Crippen molar-refractivity contribution in [3.05, 3.63) is 59.8 Å². The van der Waals surface area contributed by atoms with E-state index in [-0.39, 0.29) is 17.7 Å². The molecule has 0 saturated carbocycles. The summed E-state index contributed by atoms with van der Waals surface area (Å²) in [6, 6.07) is 14.2. The quantitative estimate of drug-likeness (QED) is 0.703. The molecule has 2 aliphatic heterocycles. The molecular formula is C26H35N5O2. The zero-order valence-electron chi connectivity index (χ0n) is 19.6. The standard InChI is InChI=1S/C26H35N5O2/c1-29-15-17-30(18-16-29)24-19-22(9-12-27-24)20-28-26(33)23-10-13-31(14-11-23)25(32)8-7-21-5-3-2-4-6-21/h2-6,9,12,19,23H,7-8,10-11,13-18,20H2,1H3,(H,28,33). The number of nitrogens with one attached hydrogen (secondary N) is 1. The van der Waals surface area contributed by atoms with Gasteiger partial charge in [0.1, 0.15) is 5.82 Å². The molecule has 1 aromatic carbocycles. The normalized spacial score (nSPS) is 17.7. The Morgan fingerprint density at radius 2 is 1.70 bits per heavy atom. The number of aryl methyl sites for hydroxylation is 1. The molecule has 0 bridgehead atoms. The monoisotopic (exact) mass is 449 g/mol. The van der Waals surface area contributed by atoms with Gasteiger partial charge in [0.2, 0.25) is 11.8 Å². The molecule has 33 heavy (non-hydrogen) atoms. The molecule has 7 heteroatoms. The first kappa shape index (κ1) is 23.2. The van der Waals surface area contributed by atoms with Gasteiger partial charge in [-0.25, -0.2) is 4.98 Å². The number of likely N-dealkylation sites (N-methyl/N-ethyl adjacent to an activating group) is 1. The number of piperazine rings is 1. The van der Waals surface area contributed by atoms with E-state index < -0.39 is 0 Å². The van der Waals surface area contributed by atoms with E-state index in [1.807, 2.05) is 35.4 Å². The zero-order valence-corrected chi connectivity index (χ0v) is 19.6. The number of benzene rings is 1. The Kier molecular flexibility index (Phi) is 7.94. The molecule has 4 rings (SSSR count). The van der Waals surface area contributed by atoms with Crippen LogP contribution >= 0.6 is 0 Å². The molecule has 3 heterocycles. The lowest BCUT2D eigenvalue weighted by atomic mass is 9.95. The van der Waals surface area contributed by atoms with Gasteiger partial charge in [-0.05, 0) is 49.6 Å². The molecule has 7 nitrogen and oxygen atoms in total. The largest absolute Gasteiger partial charge is 0.354 e. The Morgan fingerprint density at radius 1 is 0.970 bits per heavy atom. The summed E-state index contributed by atoms with van der Waals surface area (Å²) >= 11 is 0. The summed E-state index contributed by atoms with van der Waals surface area (Å²) in [6.45, 7) is 5.86. The lowest BCUT2D eigenvalue weighted by Gasteiger charge is -2.33. The summed E-state index contributed by atoms with van der Waals surface area (Å²) in [6.07, 6.45) is 4.58. The van der Waals surface area contributed by atoms with Crippen LogP contribution in [0.5, 0.6) is 0 Å². The van der Waals surface area contributed by atoms with E-state index in [1.54, 1.807) is 0 Å². The second-order valence-corrected chi connectivity index (χ2v) is 9.17. The number of anilines is 1. The van der Waals surface area contributed by atoms with Crippen molar-refractivity contribution in [1.82, 2.24) is 20.1 Å². The van der Waals surface area contributed by atoms with Crippen LogP contribution in [-0.2, 0) is 22.6 Å². The molecule has 2 aromatic rings. The molecule has 2 saturated heterocycles. The van der Waals surface area contributed by atoms with Gasteiger partial charge in [-0.15, -0.1) is 0 Å². The van der Waals surface area contributed by atoms with E-state index in [0.29, 0.717) is 26.1 Å². The van der Waals surface area contributed by atoms with Gasteiger partial charge >= 0.3 is 0 Å². The number of pyridine rings is 1. The number of likely N-dealkylation sites (tertiary alicyclic amines) is 1. The first-order chi connectivity index (χ1) is 16.1. The SMILES string of the molecule is CN1CCN(c2cc(CNC(=O)C3CCN(C(=O)CCc4ccccc4)CC3)ccn2)CC1. The summed E-state index contributed by atoms with van der Waals surface area (Å²) in [5.41, 5.74) is 2.26. The van der Waals surface area contributed by atoms with Crippen LogP contribution in [0.4, 0.5) is 5.82 Å². The van der Waals surface area contributed by atoms with Crippen LogP contribution in [0, 0.1) is 5.92 Å². The molecule has 0 unspecified atom stereocenters. The minimum atomic E-state index is -0.0258. The molecule has 1 aromatic heterocycles. The fraction of sp³-hybridized carbons (Fsp3) is 0.500. The number of hydrogen-bond acceptors (Lipinski definition) is 5. The van der Waals surface area contributed by atoms with Crippen molar-refractivity contribution >= 4 is 17.6 Å². The fourth-order valence-corrected chi connectivity index (χ4v) is 4.56. The highest BCUT2D eigenvalue weighted by molar-refractivity contribution is 5.80. The predicted molar refractivity (Wildman–Crippen MR) is 130 cm³/mol. The third kappa shape index (κ3) is 6.54. The predicted octanol–water partition coefficient (Wildman–Crippen LogP) is 2.32. The van der Waals surface area contributed by atoms with Gasteiger partial charge in [0.15, 0.2) is 0 Å². The lowest BCUT2D eigenvalue weighted by Crippen LogP contribution is -2.44. The van der Waals surface area contributed by atoms with Gasteiger partial charge in [0.25, 0.3) is 0 Å². The lowest BCUT2D eigenvalue weighted by molar-refractivity contribution is -0.135. The third-order valence-electron chi connectivity index (χ3n) is 6.79. The van der Waals surface area contributed by atoms with Crippen molar-refractivity contribution in [2.45, 2.75) is 32.2 Å². The Balaban J connectivity index is 1.19. The molecule has 2 fully saturated rings. The van der Waals surface area contributed by atoms with E-state index in [9.17, 15) is 9.59 Å². The number of hydrogen-bond donors (Lipinski definition) is 1. The minimum Gasteiger partial charge on any atom is -0.354 e. The zero-order chi connectivity index (χ0) is 23.0. The summed E-state index contributed by atoms with van der Waals surface area (Å²) < 4.78 is 0. The molecule has 0 aliphatic carbocycles. The second kappa shape index (κ2) is 11.3. The van der Waals surface area contributed by atoms with Gasteiger partial charge in [-0.1, -0.05) is 30.3 Å². The molecule has 0 atom stereocenters. The smallest absolute Gasteiger partial charge is 0.223 e. The Bertz CT molecular complexity index is 919. The molecule has 176 valence electrons. The molecule has 2 amide bonds. The van der Waals surface area contributed by atoms with Crippen LogP contribution in [0.2, 0.25) is 0 Å². The van der Waals surface area contributed by atoms with Crippen molar-refractivity contribution < 1.29 is 9.59 Å². The maximum Gasteiger partial charge on any atom is 0.223 e. The maximum absolute atomic E-state index is 12.7. The van der Waals surface area contributed by atoms with Crippen molar-refractivity contribution in [3.8, 4) is 0 Å². The van der Waals surface area contributed by atoms with Crippen LogP contribution in [-0.4, -0.2) is 72.9 Å². The maximum atomic E-state index is 12.7. The number of aromatic nitrogens is 1. The number of carbonyl (C=O) groups excluding carboxylic acids is 2. The van der Waals surface area contributed by atoms with E-state index in [2.05, 4.69) is 45.3 Å². The summed E-state index contributed by atoms with van der Waals surface area (Å²) in [4.78, 5) is 36.3. The van der Waals surface area contributed by atoms with Gasteiger partial charge in [0, 0.05) is 64.3 Å². The van der Waals surface area contributed by atoms with Gasteiger partial charge < -0.3 is 20.0 Å². The number of piperidine rings is 1. The van der Waals surface area contributed by atoms with E-state index in [1.165, 1.54) is 5.56 Å². The highest BCUT2D eigenvalue weighted by Gasteiger charge is 2.27. The number of amides is 2. The molecule has 1 N–H and O–H groups in total.